The maximum Gasteiger partial charge on any atom is 0.0843 e. The lowest BCUT2D eigenvalue weighted by molar-refractivity contribution is 0.00598. The molecule has 1 N–H and O–H groups in total. The Morgan fingerprint density at radius 2 is 2.15 bits per heavy atom. The van der Waals surface area contributed by atoms with Crippen LogP contribution >= 0.6 is 0 Å². The quantitative estimate of drug-likeness (QED) is 0.896. The van der Waals surface area contributed by atoms with Crippen LogP contribution in [-0.4, -0.2) is 31.9 Å². The molecule has 2 aliphatic rings. The van der Waals surface area contributed by atoms with Crippen LogP contribution in [0, 0.1) is 0 Å². The molecule has 3 nitrogen and oxygen atoms in total. The Labute approximate surface area is 121 Å². The van der Waals surface area contributed by atoms with Crippen LogP contribution in [0.4, 0.5) is 0 Å². The molecule has 1 aromatic rings. The molecular weight excluding hydrogens is 250 g/mol. The van der Waals surface area contributed by atoms with Gasteiger partial charge in [0.2, 0.25) is 0 Å². The van der Waals surface area contributed by atoms with Gasteiger partial charge in [-0.3, -0.25) is 0 Å². The number of rotatable bonds is 5. The minimum Gasteiger partial charge on any atom is -0.377 e. The van der Waals surface area contributed by atoms with Crippen molar-refractivity contribution in [3.05, 3.63) is 35.4 Å². The third-order valence-corrected chi connectivity index (χ3v) is 4.44. The summed E-state index contributed by atoms with van der Waals surface area (Å²) in [6, 6.07) is 9.10. The number of ether oxygens (including phenoxy) is 2. The third-order valence-electron chi connectivity index (χ3n) is 4.44. The molecule has 1 aromatic carbocycles. The summed E-state index contributed by atoms with van der Waals surface area (Å²) in [4.78, 5) is 0. The van der Waals surface area contributed by atoms with Crippen LogP contribution in [0.25, 0.3) is 0 Å². The fourth-order valence-electron chi connectivity index (χ4n) is 3.45. The summed E-state index contributed by atoms with van der Waals surface area (Å²) in [6.45, 7) is 4.90. The Bertz CT molecular complexity index is 429. The molecule has 3 unspecified atom stereocenters. The van der Waals surface area contributed by atoms with Gasteiger partial charge in [0, 0.05) is 12.6 Å². The number of benzene rings is 1. The van der Waals surface area contributed by atoms with Crippen molar-refractivity contribution in [2.75, 3.05) is 19.8 Å². The van der Waals surface area contributed by atoms with Crippen LogP contribution in [-0.2, 0) is 15.9 Å². The lowest BCUT2D eigenvalue weighted by Gasteiger charge is -2.31. The van der Waals surface area contributed by atoms with E-state index in [-0.39, 0.29) is 6.10 Å². The first-order valence-electron chi connectivity index (χ1n) is 7.93. The second kappa shape index (κ2) is 6.70. The average molecular weight is 275 g/mol. The van der Waals surface area contributed by atoms with Crippen molar-refractivity contribution < 1.29 is 9.47 Å². The molecule has 0 saturated carbocycles. The zero-order valence-electron chi connectivity index (χ0n) is 12.3. The molecule has 20 heavy (non-hydrogen) atoms. The van der Waals surface area contributed by atoms with Gasteiger partial charge in [0.15, 0.2) is 0 Å². The molecule has 110 valence electrons. The van der Waals surface area contributed by atoms with E-state index in [1.165, 1.54) is 24.0 Å². The summed E-state index contributed by atoms with van der Waals surface area (Å²) in [7, 11) is 0. The highest BCUT2D eigenvalue weighted by molar-refractivity contribution is 5.31. The summed E-state index contributed by atoms with van der Waals surface area (Å²) < 4.78 is 11.9. The Kier molecular flexibility index (Phi) is 4.71. The second-order valence-electron chi connectivity index (χ2n) is 5.76. The van der Waals surface area contributed by atoms with Crippen LogP contribution in [0.2, 0.25) is 0 Å². The van der Waals surface area contributed by atoms with Crippen LogP contribution in [0.15, 0.2) is 24.3 Å². The molecule has 2 aliphatic heterocycles. The van der Waals surface area contributed by atoms with Crippen molar-refractivity contribution in [1.82, 2.24) is 5.32 Å². The minimum atomic E-state index is 0.216. The number of hydrogen-bond donors (Lipinski definition) is 1. The highest BCUT2D eigenvalue weighted by atomic mass is 16.5. The molecular formula is C17H25NO2. The lowest BCUT2D eigenvalue weighted by atomic mass is 9.91. The fourth-order valence-corrected chi connectivity index (χ4v) is 3.45. The number of likely N-dealkylation sites (N-methyl/N-ethyl adjacent to an activating group) is 1. The van der Waals surface area contributed by atoms with E-state index >= 15 is 0 Å². The van der Waals surface area contributed by atoms with Gasteiger partial charge in [-0.25, -0.2) is 0 Å². The van der Waals surface area contributed by atoms with Gasteiger partial charge in [0.25, 0.3) is 0 Å². The van der Waals surface area contributed by atoms with Crippen LogP contribution in [0.1, 0.15) is 43.4 Å². The zero-order chi connectivity index (χ0) is 13.8. The van der Waals surface area contributed by atoms with E-state index in [2.05, 4.69) is 36.5 Å². The first kappa shape index (κ1) is 14.1. The van der Waals surface area contributed by atoms with E-state index in [1.54, 1.807) is 0 Å². The largest absolute Gasteiger partial charge is 0.377 e. The third kappa shape index (κ3) is 3.05. The van der Waals surface area contributed by atoms with Gasteiger partial charge >= 0.3 is 0 Å². The summed E-state index contributed by atoms with van der Waals surface area (Å²) in [5.41, 5.74) is 2.82. The second-order valence-corrected chi connectivity index (χ2v) is 5.76. The maximum absolute atomic E-state index is 6.05. The molecule has 3 heteroatoms. The molecule has 0 aliphatic carbocycles. The highest BCUT2D eigenvalue weighted by Crippen LogP contribution is 2.32. The molecule has 0 spiro atoms. The number of nitrogens with one attached hydrogen (secondary N) is 1. The van der Waals surface area contributed by atoms with Crippen molar-refractivity contribution >= 4 is 0 Å². The molecule has 1 fully saturated rings. The van der Waals surface area contributed by atoms with E-state index < -0.39 is 0 Å². The smallest absolute Gasteiger partial charge is 0.0843 e. The molecule has 1 saturated heterocycles. The topological polar surface area (TPSA) is 30.5 Å². The Morgan fingerprint density at radius 3 is 2.95 bits per heavy atom. The summed E-state index contributed by atoms with van der Waals surface area (Å²) >= 11 is 0. The van der Waals surface area contributed by atoms with E-state index in [4.69, 9.17) is 9.47 Å². The predicted molar refractivity (Wildman–Crippen MR) is 79.9 cm³/mol. The van der Waals surface area contributed by atoms with Gasteiger partial charge in [-0.2, -0.15) is 0 Å². The van der Waals surface area contributed by atoms with E-state index in [0.717, 1.165) is 32.6 Å². The highest BCUT2D eigenvalue weighted by Gasteiger charge is 2.30. The van der Waals surface area contributed by atoms with E-state index in [0.29, 0.717) is 12.1 Å². The van der Waals surface area contributed by atoms with Crippen molar-refractivity contribution in [3.8, 4) is 0 Å². The van der Waals surface area contributed by atoms with Crippen LogP contribution < -0.4 is 5.32 Å². The first-order valence-corrected chi connectivity index (χ1v) is 7.93. The fraction of sp³-hybridized carbons (Fsp3) is 0.647. The minimum absolute atomic E-state index is 0.216. The first-order chi connectivity index (χ1) is 9.88. The zero-order valence-corrected chi connectivity index (χ0v) is 12.3. The number of fused-ring (bicyclic) bond motifs is 1. The predicted octanol–water partition coefficient (Wildman–Crippen LogP) is 2.85. The molecule has 0 amide bonds. The van der Waals surface area contributed by atoms with Gasteiger partial charge < -0.3 is 14.8 Å². The van der Waals surface area contributed by atoms with Crippen LogP contribution in [0.5, 0.6) is 0 Å². The maximum atomic E-state index is 6.05. The Hall–Kier alpha value is -0.900. The molecule has 3 rings (SSSR count). The van der Waals surface area contributed by atoms with Gasteiger partial charge in [-0.1, -0.05) is 31.2 Å². The van der Waals surface area contributed by atoms with Crippen LogP contribution in [0.3, 0.4) is 0 Å². The molecule has 0 radical (unpaired) electrons. The van der Waals surface area contributed by atoms with Crippen molar-refractivity contribution in [2.24, 2.45) is 0 Å². The normalized spacial score (nSPS) is 27.2. The Balaban J connectivity index is 1.72. The summed E-state index contributed by atoms with van der Waals surface area (Å²) in [5.74, 6) is 0. The monoisotopic (exact) mass is 275 g/mol. The van der Waals surface area contributed by atoms with Crippen molar-refractivity contribution in [3.63, 3.8) is 0 Å². The Morgan fingerprint density at radius 1 is 1.25 bits per heavy atom. The number of hydrogen-bond acceptors (Lipinski definition) is 3. The molecule has 0 bridgehead atoms. The summed E-state index contributed by atoms with van der Waals surface area (Å²) in [6.07, 6.45) is 4.98. The average Bonchev–Trinajstić information content (AvgIpc) is 3.01. The van der Waals surface area contributed by atoms with Gasteiger partial charge in [0.05, 0.1) is 18.8 Å². The standard InChI is InChI=1S/C17H25NO2/c1-2-18-15(16-8-5-10-19-16)12-17-14-7-4-3-6-13(14)9-11-20-17/h3-4,6-7,15-18H,2,5,8-12H2,1H3. The van der Waals surface area contributed by atoms with E-state index in [9.17, 15) is 0 Å². The SMILES string of the molecule is CCNC(CC1OCCc2ccccc21)C1CCCO1. The lowest BCUT2D eigenvalue weighted by Crippen LogP contribution is -2.41. The van der Waals surface area contributed by atoms with Gasteiger partial charge in [0.1, 0.15) is 0 Å². The molecule has 3 atom stereocenters. The van der Waals surface area contributed by atoms with E-state index in [1.807, 2.05) is 0 Å². The molecule has 0 aromatic heterocycles. The molecule has 2 heterocycles. The van der Waals surface area contributed by atoms with Gasteiger partial charge in [-0.15, -0.1) is 0 Å². The van der Waals surface area contributed by atoms with Crippen molar-refractivity contribution in [2.45, 2.75) is 50.9 Å². The van der Waals surface area contributed by atoms with Crippen molar-refractivity contribution in [1.29, 1.82) is 0 Å². The van der Waals surface area contributed by atoms with Gasteiger partial charge in [-0.05, 0) is 43.4 Å². The summed E-state index contributed by atoms with van der Waals surface area (Å²) in [5, 5.41) is 3.60.